The summed E-state index contributed by atoms with van der Waals surface area (Å²) < 4.78 is 18.1. The Morgan fingerprint density at radius 2 is 2.00 bits per heavy atom. The van der Waals surface area contributed by atoms with E-state index in [1.54, 1.807) is 24.3 Å². The van der Waals surface area contributed by atoms with Crippen LogP contribution in [0.4, 0.5) is 9.18 Å². The van der Waals surface area contributed by atoms with Gasteiger partial charge in [-0.1, -0.05) is 12.1 Å². The number of carbonyl (C=O) groups is 1. The van der Waals surface area contributed by atoms with Crippen molar-refractivity contribution in [3.05, 3.63) is 59.8 Å². The highest BCUT2D eigenvalue weighted by atomic mass is 19.1. The zero-order valence-electron chi connectivity index (χ0n) is 12.6. The van der Waals surface area contributed by atoms with Crippen LogP contribution in [0.1, 0.15) is 30.3 Å². The third-order valence-corrected chi connectivity index (χ3v) is 4.23. The summed E-state index contributed by atoms with van der Waals surface area (Å²) in [5, 5.41) is 15.3. The van der Waals surface area contributed by atoms with E-state index < -0.39 is 6.10 Å². The van der Waals surface area contributed by atoms with Crippen LogP contribution in [0.5, 0.6) is 0 Å². The highest BCUT2D eigenvalue weighted by Crippen LogP contribution is 2.47. The van der Waals surface area contributed by atoms with E-state index in [2.05, 4.69) is 10.6 Å². The molecule has 2 amide bonds. The van der Waals surface area contributed by atoms with Gasteiger partial charge in [-0.2, -0.15) is 0 Å². The van der Waals surface area contributed by atoms with Crippen molar-refractivity contribution in [3.8, 4) is 0 Å². The lowest BCUT2D eigenvalue weighted by Crippen LogP contribution is -2.41. The molecular weight excluding hydrogens is 299 g/mol. The molecule has 5 nitrogen and oxygen atoms in total. The van der Waals surface area contributed by atoms with Gasteiger partial charge in [-0.25, -0.2) is 9.18 Å². The molecule has 1 saturated carbocycles. The Hall–Kier alpha value is -2.34. The number of furan rings is 1. The van der Waals surface area contributed by atoms with Crippen LogP contribution in [0, 0.1) is 5.82 Å². The van der Waals surface area contributed by atoms with Crippen molar-refractivity contribution >= 4 is 6.03 Å². The molecule has 122 valence electrons. The molecule has 6 heteroatoms. The van der Waals surface area contributed by atoms with Crippen LogP contribution in [-0.2, 0) is 5.41 Å². The molecule has 1 unspecified atom stereocenters. The third-order valence-electron chi connectivity index (χ3n) is 4.23. The van der Waals surface area contributed by atoms with Gasteiger partial charge in [-0.3, -0.25) is 0 Å². The zero-order chi connectivity index (χ0) is 16.3. The molecular formula is C17H19FN2O3. The number of nitrogens with one attached hydrogen (secondary N) is 2. The van der Waals surface area contributed by atoms with Gasteiger partial charge in [0.15, 0.2) is 0 Å². The summed E-state index contributed by atoms with van der Waals surface area (Å²) in [6.45, 7) is 0.560. The van der Waals surface area contributed by atoms with E-state index in [0.29, 0.717) is 12.3 Å². The van der Waals surface area contributed by atoms with Crippen molar-refractivity contribution in [2.45, 2.75) is 24.4 Å². The van der Waals surface area contributed by atoms with Crippen LogP contribution in [0.3, 0.4) is 0 Å². The molecule has 2 aromatic rings. The molecule has 0 radical (unpaired) electrons. The summed E-state index contributed by atoms with van der Waals surface area (Å²) in [5.41, 5.74) is 0.944. The maximum Gasteiger partial charge on any atom is 0.314 e. The maximum atomic E-state index is 13.0. The number of aliphatic hydroxyl groups is 1. The van der Waals surface area contributed by atoms with E-state index in [0.717, 1.165) is 18.4 Å². The van der Waals surface area contributed by atoms with Gasteiger partial charge in [0.25, 0.3) is 0 Å². The topological polar surface area (TPSA) is 74.5 Å². The first kappa shape index (κ1) is 15.6. The molecule has 0 spiro atoms. The van der Waals surface area contributed by atoms with Gasteiger partial charge in [-0.15, -0.1) is 0 Å². The van der Waals surface area contributed by atoms with Crippen LogP contribution in [0.25, 0.3) is 0 Å². The predicted octanol–water partition coefficient (Wildman–Crippen LogP) is 2.48. The van der Waals surface area contributed by atoms with Gasteiger partial charge in [-0.05, 0) is 42.7 Å². The Balaban J connectivity index is 1.46. The number of amides is 2. The minimum Gasteiger partial charge on any atom is -0.467 e. The van der Waals surface area contributed by atoms with E-state index in [4.69, 9.17) is 4.42 Å². The Kier molecular flexibility index (Phi) is 4.34. The van der Waals surface area contributed by atoms with Gasteiger partial charge in [0.2, 0.25) is 0 Å². The average Bonchev–Trinajstić information content (AvgIpc) is 3.14. The zero-order valence-corrected chi connectivity index (χ0v) is 12.6. The lowest BCUT2D eigenvalue weighted by Gasteiger charge is -2.17. The number of aliphatic hydroxyl groups excluding tert-OH is 1. The second kappa shape index (κ2) is 6.42. The molecule has 1 aliphatic rings. The first-order valence-corrected chi connectivity index (χ1v) is 7.58. The highest BCUT2D eigenvalue weighted by Gasteiger charge is 2.44. The highest BCUT2D eigenvalue weighted by molar-refractivity contribution is 5.74. The van der Waals surface area contributed by atoms with Gasteiger partial charge in [0.1, 0.15) is 17.7 Å². The third kappa shape index (κ3) is 3.71. The number of halogens is 1. The fraction of sp³-hybridized carbons (Fsp3) is 0.353. The van der Waals surface area contributed by atoms with Crippen molar-refractivity contribution in [2.75, 3.05) is 13.1 Å². The molecule has 0 aliphatic heterocycles. The Bertz CT molecular complexity index is 651. The van der Waals surface area contributed by atoms with E-state index in [-0.39, 0.29) is 23.8 Å². The molecule has 0 bridgehead atoms. The molecule has 3 rings (SSSR count). The smallest absolute Gasteiger partial charge is 0.314 e. The fourth-order valence-electron chi connectivity index (χ4n) is 2.60. The maximum absolute atomic E-state index is 13.0. The van der Waals surface area contributed by atoms with Crippen molar-refractivity contribution in [1.29, 1.82) is 0 Å². The minimum atomic E-state index is -0.872. The van der Waals surface area contributed by atoms with E-state index in [1.807, 2.05) is 0 Å². The van der Waals surface area contributed by atoms with Crippen LogP contribution in [0.2, 0.25) is 0 Å². The standard InChI is InChI=1S/C17H19FN2O3/c18-13-5-3-12(4-6-13)17(7-8-17)11-20-16(22)19-10-14(21)15-2-1-9-23-15/h1-6,9,14,21H,7-8,10-11H2,(H2,19,20,22). The molecule has 1 aliphatic carbocycles. The van der Waals surface area contributed by atoms with Crippen LogP contribution < -0.4 is 10.6 Å². The molecule has 0 saturated heterocycles. The van der Waals surface area contributed by atoms with E-state index in [1.165, 1.54) is 18.4 Å². The predicted molar refractivity (Wildman–Crippen MR) is 82.4 cm³/mol. The van der Waals surface area contributed by atoms with Gasteiger partial charge >= 0.3 is 6.03 Å². The average molecular weight is 318 g/mol. The number of benzene rings is 1. The Morgan fingerprint density at radius 3 is 2.61 bits per heavy atom. The molecule has 3 N–H and O–H groups in total. The molecule has 1 heterocycles. The fourth-order valence-corrected chi connectivity index (χ4v) is 2.60. The number of hydrogen-bond donors (Lipinski definition) is 3. The van der Waals surface area contributed by atoms with Crippen molar-refractivity contribution in [3.63, 3.8) is 0 Å². The molecule has 23 heavy (non-hydrogen) atoms. The number of hydrogen-bond acceptors (Lipinski definition) is 3. The second-order valence-electron chi connectivity index (χ2n) is 5.88. The SMILES string of the molecule is O=C(NCC(O)c1ccco1)NCC1(c2ccc(F)cc2)CC1. The summed E-state index contributed by atoms with van der Waals surface area (Å²) in [5.74, 6) is 0.150. The lowest BCUT2D eigenvalue weighted by atomic mass is 9.96. The quantitative estimate of drug-likeness (QED) is 0.766. The van der Waals surface area contributed by atoms with Gasteiger partial charge in [0, 0.05) is 12.0 Å². The van der Waals surface area contributed by atoms with Crippen LogP contribution in [-0.4, -0.2) is 24.2 Å². The summed E-state index contributed by atoms with van der Waals surface area (Å²) in [6, 6.07) is 9.40. The summed E-state index contributed by atoms with van der Waals surface area (Å²) in [7, 11) is 0. The largest absolute Gasteiger partial charge is 0.467 e. The second-order valence-corrected chi connectivity index (χ2v) is 5.88. The molecule has 1 atom stereocenters. The Labute approximate surface area is 133 Å². The van der Waals surface area contributed by atoms with Gasteiger partial charge in [0.05, 0.1) is 12.8 Å². The van der Waals surface area contributed by atoms with Crippen molar-refractivity contribution in [2.24, 2.45) is 0 Å². The summed E-state index contributed by atoms with van der Waals surface area (Å²) in [6.07, 6.45) is 2.53. The normalized spacial score (nSPS) is 16.6. The molecule has 1 fully saturated rings. The lowest BCUT2D eigenvalue weighted by molar-refractivity contribution is 0.148. The minimum absolute atomic E-state index is 0.0723. The molecule has 1 aromatic carbocycles. The molecule has 1 aromatic heterocycles. The van der Waals surface area contributed by atoms with Gasteiger partial charge < -0.3 is 20.2 Å². The Morgan fingerprint density at radius 1 is 1.26 bits per heavy atom. The van der Waals surface area contributed by atoms with Crippen molar-refractivity contribution in [1.82, 2.24) is 10.6 Å². The first-order valence-electron chi connectivity index (χ1n) is 7.58. The number of rotatable bonds is 6. The summed E-state index contributed by atoms with van der Waals surface area (Å²) in [4.78, 5) is 11.9. The summed E-state index contributed by atoms with van der Waals surface area (Å²) >= 11 is 0. The van der Waals surface area contributed by atoms with Crippen LogP contribution >= 0.6 is 0 Å². The number of urea groups is 1. The first-order chi connectivity index (χ1) is 11.1. The van der Waals surface area contributed by atoms with Crippen molar-refractivity contribution < 1.29 is 18.7 Å². The number of carbonyl (C=O) groups excluding carboxylic acids is 1. The van der Waals surface area contributed by atoms with E-state index >= 15 is 0 Å². The van der Waals surface area contributed by atoms with Crippen LogP contribution in [0.15, 0.2) is 47.1 Å². The monoisotopic (exact) mass is 318 g/mol. The van der Waals surface area contributed by atoms with E-state index in [9.17, 15) is 14.3 Å².